The highest BCUT2D eigenvalue weighted by Gasteiger charge is 2.41. The number of carbonyl (C=O) groups excluding carboxylic acids is 1. The first kappa shape index (κ1) is 17.7. The van der Waals surface area contributed by atoms with Crippen LogP contribution >= 0.6 is 0 Å². The van der Waals surface area contributed by atoms with Gasteiger partial charge in [0.2, 0.25) is 5.82 Å². The molecule has 2 N–H and O–H groups in total. The van der Waals surface area contributed by atoms with Crippen molar-refractivity contribution in [2.45, 2.75) is 64.8 Å². The van der Waals surface area contributed by atoms with Gasteiger partial charge >= 0.3 is 0 Å². The molecule has 0 radical (unpaired) electrons. The Balaban J connectivity index is 1.55. The van der Waals surface area contributed by atoms with Crippen molar-refractivity contribution < 1.29 is 4.79 Å². The van der Waals surface area contributed by atoms with E-state index >= 15 is 0 Å². The van der Waals surface area contributed by atoms with Crippen LogP contribution in [0.15, 0.2) is 0 Å². The second kappa shape index (κ2) is 6.80. The summed E-state index contributed by atoms with van der Waals surface area (Å²) >= 11 is 0. The van der Waals surface area contributed by atoms with Crippen LogP contribution in [0, 0.1) is 19.3 Å². The first-order valence-corrected chi connectivity index (χ1v) is 10.1. The van der Waals surface area contributed by atoms with E-state index in [1.165, 1.54) is 32.1 Å². The molecule has 1 aromatic rings. The summed E-state index contributed by atoms with van der Waals surface area (Å²) in [6.07, 6.45) is 8.60. The highest BCUT2D eigenvalue weighted by Crippen LogP contribution is 2.43. The van der Waals surface area contributed by atoms with Crippen molar-refractivity contribution in [3.8, 4) is 0 Å². The van der Waals surface area contributed by atoms with Crippen LogP contribution < -0.4 is 10.6 Å². The molecule has 0 aromatic carbocycles. The summed E-state index contributed by atoms with van der Waals surface area (Å²) in [6, 6.07) is 0.188. The van der Waals surface area contributed by atoms with Gasteiger partial charge in [-0.1, -0.05) is 19.3 Å². The van der Waals surface area contributed by atoms with E-state index in [9.17, 15) is 4.79 Å². The molecule has 1 spiro atoms. The molecule has 26 heavy (non-hydrogen) atoms. The zero-order valence-electron chi connectivity index (χ0n) is 16.1. The highest BCUT2D eigenvalue weighted by molar-refractivity contribution is 5.91. The number of rotatable bonds is 2. The number of likely N-dealkylation sites (tertiary alicyclic amines) is 1. The summed E-state index contributed by atoms with van der Waals surface area (Å²) < 4.78 is 0. The molecule has 0 unspecified atom stereocenters. The Labute approximate surface area is 156 Å². The third-order valence-corrected chi connectivity index (χ3v) is 6.72. The van der Waals surface area contributed by atoms with Crippen molar-refractivity contribution in [2.75, 3.05) is 31.1 Å². The Bertz CT molecular complexity index is 698. The first-order valence-electron chi connectivity index (χ1n) is 10.1. The third kappa shape index (κ3) is 3.20. The molecule has 4 rings (SSSR count). The van der Waals surface area contributed by atoms with E-state index in [1.807, 2.05) is 18.7 Å². The van der Waals surface area contributed by atoms with Gasteiger partial charge in [-0.25, -0.2) is 9.97 Å². The maximum atomic E-state index is 13.1. The van der Waals surface area contributed by atoms with Crippen LogP contribution in [0.1, 0.15) is 66.8 Å². The molecule has 2 saturated heterocycles. The van der Waals surface area contributed by atoms with Crippen LogP contribution in [0.4, 0.5) is 5.82 Å². The molecular formula is C20H31N5O. The fraction of sp³-hybridized carbons (Fsp3) is 0.750. The molecule has 3 aliphatic rings. The second-order valence-electron chi connectivity index (χ2n) is 8.61. The topological polar surface area (TPSA) is 75.4 Å². The maximum absolute atomic E-state index is 13.1. The summed E-state index contributed by atoms with van der Waals surface area (Å²) in [5.74, 6) is 1.25. The lowest BCUT2D eigenvalue weighted by atomic mass is 9.73. The fourth-order valence-corrected chi connectivity index (χ4v) is 4.96. The zero-order chi connectivity index (χ0) is 18.3. The number of hydrogen-bond donors (Lipinski definition) is 1. The van der Waals surface area contributed by atoms with Gasteiger partial charge in [-0.2, -0.15) is 0 Å². The van der Waals surface area contributed by atoms with Gasteiger partial charge in [0, 0.05) is 43.5 Å². The largest absolute Gasteiger partial charge is 0.355 e. The Morgan fingerprint density at radius 2 is 1.88 bits per heavy atom. The number of anilines is 1. The van der Waals surface area contributed by atoms with Gasteiger partial charge in [-0.05, 0) is 44.9 Å². The number of hydrogen-bond acceptors (Lipinski definition) is 5. The number of aromatic nitrogens is 2. The van der Waals surface area contributed by atoms with Crippen molar-refractivity contribution >= 4 is 11.7 Å². The number of aryl methyl sites for hydroxylation is 1. The van der Waals surface area contributed by atoms with Crippen molar-refractivity contribution in [2.24, 2.45) is 11.1 Å². The van der Waals surface area contributed by atoms with Crippen molar-refractivity contribution in [3.05, 3.63) is 17.1 Å². The van der Waals surface area contributed by atoms with Crippen LogP contribution in [0.25, 0.3) is 0 Å². The molecule has 142 valence electrons. The van der Waals surface area contributed by atoms with Gasteiger partial charge in [-0.3, -0.25) is 4.79 Å². The van der Waals surface area contributed by atoms with E-state index in [-0.39, 0.29) is 11.9 Å². The predicted molar refractivity (Wildman–Crippen MR) is 102 cm³/mol. The fourth-order valence-electron chi connectivity index (χ4n) is 4.96. The van der Waals surface area contributed by atoms with Crippen molar-refractivity contribution in [1.82, 2.24) is 14.9 Å². The quantitative estimate of drug-likeness (QED) is 0.880. The third-order valence-electron chi connectivity index (χ3n) is 6.72. The average molecular weight is 358 g/mol. The Kier molecular flexibility index (Phi) is 4.63. The molecule has 3 fully saturated rings. The number of nitrogens with two attached hydrogens (primary N) is 1. The minimum atomic E-state index is 0.000272. The molecule has 2 aliphatic heterocycles. The normalized spacial score (nSPS) is 25.3. The molecule has 1 aromatic heterocycles. The van der Waals surface area contributed by atoms with Crippen LogP contribution in [0.3, 0.4) is 0 Å². The summed E-state index contributed by atoms with van der Waals surface area (Å²) in [6.45, 7) is 7.44. The molecule has 3 heterocycles. The van der Waals surface area contributed by atoms with Crippen LogP contribution in [-0.2, 0) is 0 Å². The molecule has 1 amide bonds. The average Bonchev–Trinajstić information content (AvgIpc) is 3.24. The summed E-state index contributed by atoms with van der Waals surface area (Å²) in [7, 11) is 0. The monoisotopic (exact) mass is 357 g/mol. The summed E-state index contributed by atoms with van der Waals surface area (Å²) in [4.78, 5) is 26.6. The minimum Gasteiger partial charge on any atom is -0.355 e. The van der Waals surface area contributed by atoms with Crippen LogP contribution in [-0.4, -0.2) is 53.0 Å². The van der Waals surface area contributed by atoms with Gasteiger partial charge in [0.15, 0.2) is 0 Å². The molecular weight excluding hydrogens is 326 g/mol. The summed E-state index contributed by atoms with van der Waals surface area (Å²) in [5.41, 5.74) is 8.38. The molecule has 1 saturated carbocycles. The van der Waals surface area contributed by atoms with Crippen LogP contribution in [0.2, 0.25) is 0 Å². The summed E-state index contributed by atoms with van der Waals surface area (Å²) in [5, 5.41) is 0. The number of carbonyl (C=O) groups is 1. The van der Waals surface area contributed by atoms with E-state index in [2.05, 4.69) is 9.88 Å². The molecule has 1 aliphatic carbocycles. The van der Waals surface area contributed by atoms with Gasteiger partial charge in [0.1, 0.15) is 5.82 Å². The maximum Gasteiger partial charge on any atom is 0.291 e. The van der Waals surface area contributed by atoms with Gasteiger partial charge in [0.25, 0.3) is 5.91 Å². The Hall–Kier alpha value is -1.69. The smallest absolute Gasteiger partial charge is 0.291 e. The van der Waals surface area contributed by atoms with Gasteiger partial charge in [-0.15, -0.1) is 0 Å². The van der Waals surface area contributed by atoms with Crippen molar-refractivity contribution in [3.63, 3.8) is 0 Å². The second-order valence-corrected chi connectivity index (χ2v) is 8.61. The van der Waals surface area contributed by atoms with E-state index in [0.717, 1.165) is 56.1 Å². The lowest BCUT2D eigenvalue weighted by Crippen LogP contribution is -2.35. The predicted octanol–water partition coefficient (Wildman–Crippen LogP) is 2.43. The Morgan fingerprint density at radius 3 is 2.58 bits per heavy atom. The number of nitrogens with zero attached hydrogens (tertiary/aromatic N) is 4. The zero-order valence-corrected chi connectivity index (χ0v) is 16.1. The van der Waals surface area contributed by atoms with Crippen LogP contribution in [0.5, 0.6) is 0 Å². The van der Waals surface area contributed by atoms with E-state index in [4.69, 9.17) is 10.7 Å². The molecule has 0 bridgehead atoms. The van der Waals surface area contributed by atoms with E-state index in [0.29, 0.717) is 11.2 Å². The van der Waals surface area contributed by atoms with E-state index < -0.39 is 0 Å². The Morgan fingerprint density at radius 1 is 1.12 bits per heavy atom. The standard InChI is InChI=1S/C20H31N5O/c1-14-15(2)22-17(23-18(14)24-10-6-16(21)12-24)19(26)25-11-9-20(13-25)7-4-3-5-8-20/h16H,3-13,21H2,1-2H3/t16-/m1/s1. The number of amides is 1. The highest BCUT2D eigenvalue weighted by atomic mass is 16.2. The SMILES string of the molecule is Cc1nc(C(=O)N2CCC3(CCCCC3)C2)nc(N2CC[C@@H](N)C2)c1C. The molecule has 1 atom stereocenters. The molecule has 6 nitrogen and oxygen atoms in total. The minimum absolute atomic E-state index is 0.000272. The lowest BCUT2D eigenvalue weighted by molar-refractivity contribution is 0.0746. The first-order chi connectivity index (χ1) is 12.5. The van der Waals surface area contributed by atoms with Crippen molar-refractivity contribution in [1.29, 1.82) is 0 Å². The lowest BCUT2D eigenvalue weighted by Gasteiger charge is -2.33. The van der Waals surface area contributed by atoms with Gasteiger partial charge < -0.3 is 15.5 Å². The van der Waals surface area contributed by atoms with Gasteiger partial charge in [0.05, 0.1) is 0 Å². The van der Waals surface area contributed by atoms with E-state index in [1.54, 1.807) is 0 Å². The molecule has 6 heteroatoms.